The van der Waals surface area contributed by atoms with Crippen molar-refractivity contribution in [3.05, 3.63) is 65.0 Å². The van der Waals surface area contributed by atoms with Crippen LogP contribution in [0.25, 0.3) is 0 Å². The van der Waals surface area contributed by atoms with Crippen molar-refractivity contribution in [2.75, 3.05) is 19.0 Å². The van der Waals surface area contributed by atoms with Crippen LogP contribution in [0.3, 0.4) is 0 Å². The molecule has 0 fully saturated rings. The van der Waals surface area contributed by atoms with Crippen molar-refractivity contribution in [3.8, 4) is 0 Å². The van der Waals surface area contributed by atoms with E-state index in [1.165, 1.54) is 17.2 Å². The van der Waals surface area contributed by atoms with Crippen LogP contribution in [0.5, 0.6) is 0 Å². The van der Waals surface area contributed by atoms with Gasteiger partial charge in [-0.25, -0.2) is 4.39 Å². The molecule has 0 saturated carbocycles. The highest BCUT2D eigenvalue weighted by Crippen LogP contribution is 2.27. The minimum absolute atomic E-state index is 0.108. The lowest BCUT2D eigenvalue weighted by atomic mass is 10.0. The fraction of sp³-hybridized carbons (Fsp3) is 0.333. The molecule has 0 aliphatic carbocycles. The number of anilines is 1. The summed E-state index contributed by atoms with van der Waals surface area (Å²) >= 11 is 0. The van der Waals surface area contributed by atoms with Gasteiger partial charge < -0.3 is 10.2 Å². The van der Waals surface area contributed by atoms with Gasteiger partial charge in [-0.2, -0.15) is 0 Å². The summed E-state index contributed by atoms with van der Waals surface area (Å²) in [5.74, 6) is -0.195. The van der Waals surface area contributed by atoms with E-state index in [9.17, 15) is 4.39 Å². The lowest BCUT2D eigenvalue weighted by Crippen LogP contribution is -2.21. The molecule has 0 amide bonds. The van der Waals surface area contributed by atoms with Gasteiger partial charge in [-0.1, -0.05) is 29.8 Å². The average molecular weight is 286 g/mol. The van der Waals surface area contributed by atoms with Gasteiger partial charge in [-0.15, -0.1) is 0 Å². The minimum atomic E-state index is -0.195. The zero-order chi connectivity index (χ0) is 15.4. The number of nitrogens with zero attached hydrogens (tertiary/aromatic N) is 1. The molecule has 0 aromatic heterocycles. The normalized spacial score (nSPS) is 12.2. The van der Waals surface area contributed by atoms with Gasteiger partial charge in [0.05, 0.1) is 0 Å². The Kier molecular flexibility index (Phi) is 4.97. The zero-order valence-corrected chi connectivity index (χ0v) is 13.2. The Morgan fingerprint density at radius 1 is 1.14 bits per heavy atom. The fourth-order valence-corrected chi connectivity index (χ4v) is 2.43. The van der Waals surface area contributed by atoms with Gasteiger partial charge in [-0.3, -0.25) is 0 Å². The number of halogens is 1. The smallest absolute Gasteiger partial charge is 0.123 e. The van der Waals surface area contributed by atoms with Crippen molar-refractivity contribution in [2.45, 2.75) is 26.4 Å². The summed E-state index contributed by atoms with van der Waals surface area (Å²) < 4.78 is 13.5. The van der Waals surface area contributed by atoms with Crippen molar-refractivity contribution < 1.29 is 4.39 Å². The van der Waals surface area contributed by atoms with E-state index in [1.807, 2.05) is 27.1 Å². The highest BCUT2D eigenvalue weighted by atomic mass is 19.1. The molecular formula is C18H23FN2. The molecule has 2 rings (SSSR count). The lowest BCUT2D eigenvalue weighted by molar-refractivity contribution is 0.607. The molecule has 2 aromatic carbocycles. The molecule has 3 heteroatoms. The lowest BCUT2D eigenvalue weighted by Gasteiger charge is -2.25. The molecular weight excluding hydrogens is 263 g/mol. The van der Waals surface area contributed by atoms with Crippen LogP contribution in [0.2, 0.25) is 0 Å². The van der Waals surface area contributed by atoms with Crippen molar-refractivity contribution in [2.24, 2.45) is 0 Å². The van der Waals surface area contributed by atoms with Gasteiger partial charge in [0.15, 0.2) is 0 Å². The van der Waals surface area contributed by atoms with Crippen LogP contribution in [0.15, 0.2) is 42.5 Å². The van der Waals surface area contributed by atoms with Crippen LogP contribution < -0.4 is 10.2 Å². The van der Waals surface area contributed by atoms with E-state index in [2.05, 4.69) is 41.4 Å². The molecule has 0 radical (unpaired) electrons. The number of aryl methyl sites for hydroxylation is 1. The average Bonchev–Trinajstić information content (AvgIpc) is 2.48. The molecule has 0 aliphatic rings. The second-order valence-corrected chi connectivity index (χ2v) is 5.56. The highest BCUT2D eigenvalue weighted by Gasteiger charge is 2.13. The van der Waals surface area contributed by atoms with Gasteiger partial charge in [0.2, 0.25) is 0 Å². The Bertz CT molecular complexity index is 593. The van der Waals surface area contributed by atoms with E-state index in [-0.39, 0.29) is 11.9 Å². The molecule has 21 heavy (non-hydrogen) atoms. The summed E-state index contributed by atoms with van der Waals surface area (Å²) in [5, 5.41) is 3.18. The summed E-state index contributed by atoms with van der Waals surface area (Å²) in [7, 11) is 3.93. The Balaban J connectivity index is 2.26. The van der Waals surface area contributed by atoms with Crippen LogP contribution in [-0.2, 0) is 6.54 Å². The maximum absolute atomic E-state index is 13.5. The molecule has 2 aromatic rings. The summed E-state index contributed by atoms with van der Waals surface area (Å²) in [6.07, 6.45) is 0. The summed E-state index contributed by atoms with van der Waals surface area (Å²) in [6.45, 7) is 4.92. The fourth-order valence-electron chi connectivity index (χ4n) is 2.43. The van der Waals surface area contributed by atoms with Crippen LogP contribution >= 0.6 is 0 Å². The van der Waals surface area contributed by atoms with E-state index >= 15 is 0 Å². The topological polar surface area (TPSA) is 15.3 Å². The molecule has 2 nitrogen and oxygen atoms in total. The van der Waals surface area contributed by atoms with Crippen molar-refractivity contribution >= 4 is 5.69 Å². The number of hydrogen-bond acceptors (Lipinski definition) is 2. The van der Waals surface area contributed by atoms with Gasteiger partial charge in [0.1, 0.15) is 5.82 Å². The van der Waals surface area contributed by atoms with Crippen molar-refractivity contribution in [3.63, 3.8) is 0 Å². The number of hydrogen-bond donors (Lipinski definition) is 1. The maximum atomic E-state index is 13.5. The third kappa shape index (κ3) is 3.82. The van der Waals surface area contributed by atoms with E-state index < -0.39 is 0 Å². The molecule has 0 heterocycles. The first-order chi connectivity index (χ1) is 10.0. The Morgan fingerprint density at radius 2 is 1.81 bits per heavy atom. The largest absolute Gasteiger partial charge is 0.370 e. The van der Waals surface area contributed by atoms with E-state index in [4.69, 9.17) is 0 Å². The summed E-state index contributed by atoms with van der Waals surface area (Å²) in [5.41, 5.74) is 4.54. The number of rotatable bonds is 5. The van der Waals surface area contributed by atoms with Crippen LogP contribution in [0.1, 0.15) is 29.7 Å². The van der Waals surface area contributed by atoms with Gasteiger partial charge in [0.25, 0.3) is 0 Å². The first-order valence-electron chi connectivity index (χ1n) is 7.24. The van der Waals surface area contributed by atoms with Crippen LogP contribution in [-0.4, -0.2) is 14.1 Å². The Hall–Kier alpha value is -1.87. The predicted octanol–water partition coefficient (Wildman–Crippen LogP) is 4.05. The molecule has 0 saturated heterocycles. The van der Waals surface area contributed by atoms with E-state index in [1.54, 1.807) is 6.07 Å². The monoisotopic (exact) mass is 286 g/mol. The Morgan fingerprint density at radius 3 is 2.43 bits per heavy atom. The van der Waals surface area contributed by atoms with E-state index in [0.29, 0.717) is 0 Å². The number of nitrogens with one attached hydrogen (secondary N) is 1. The molecule has 1 atom stereocenters. The molecule has 1 unspecified atom stereocenters. The standard InChI is InChI=1S/C18H23FN2/c1-13-5-7-15(8-6-13)12-21(4)18-10-9-16(19)11-17(18)14(2)20-3/h5-11,14,20H,12H2,1-4H3. The van der Waals surface area contributed by atoms with Crippen LogP contribution in [0.4, 0.5) is 10.1 Å². The summed E-state index contributed by atoms with van der Waals surface area (Å²) in [6, 6.07) is 13.6. The van der Waals surface area contributed by atoms with E-state index in [0.717, 1.165) is 17.8 Å². The first-order valence-corrected chi connectivity index (χ1v) is 7.24. The van der Waals surface area contributed by atoms with Crippen LogP contribution in [0, 0.1) is 12.7 Å². The second-order valence-electron chi connectivity index (χ2n) is 5.56. The molecule has 0 bridgehead atoms. The molecule has 0 aliphatic heterocycles. The van der Waals surface area contributed by atoms with Gasteiger partial charge in [0, 0.05) is 25.3 Å². The third-order valence-electron chi connectivity index (χ3n) is 3.84. The van der Waals surface area contributed by atoms with Crippen molar-refractivity contribution in [1.82, 2.24) is 5.32 Å². The maximum Gasteiger partial charge on any atom is 0.123 e. The summed E-state index contributed by atoms with van der Waals surface area (Å²) in [4.78, 5) is 2.16. The molecule has 1 N–H and O–H groups in total. The van der Waals surface area contributed by atoms with Gasteiger partial charge >= 0.3 is 0 Å². The molecule has 0 spiro atoms. The van der Waals surface area contributed by atoms with Gasteiger partial charge in [-0.05, 0) is 50.2 Å². The SMILES string of the molecule is CNC(C)c1cc(F)ccc1N(C)Cc1ccc(C)cc1. The minimum Gasteiger partial charge on any atom is -0.370 e. The Labute approximate surface area is 126 Å². The second kappa shape index (κ2) is 6.72. The highest BCUT2D eigenvalue weighted by molar-refractivity contribution is 5.55. The first kappa shape index (κ1) is 15.5. The zero-order valence-electron chi connectivity index (χ0n) is 13.2. The molecule has 112 valence electrons. The third-order valence-corrected chi connectivity index (χ3v) is 3.84. The van der Waals surface area contributed by atoms with Crippen molar-refractivity contribution in [1.29, 1.82) is 0 Å². The predicted molar refractivity (Wildman–Crippen MR) is 87.2 cm³/mol. The number of benzene rings is 2. The quantitative estimate of drug-likeness (QED) is 0.892.